The molecule has 1 aliphatic heterocycles. The van der Waals surface area contributed by atoms with Crippen LogP contribution in [0.3, 0.4) is 0 Å². The summed E-state index contributed by atoms with van der Waals surface area (Å²) in [7, 11) is -4.09. The lowest BCUT2D eigenvalue weighted by Gasteiger charge is -2.32. The van der Waals surface area contributed by atoms with Gasteiger partial charge >= 0.3 is 0 Å². The number of hydrogen-bond donors (Lipinski definition) is 0. The fraction of sp³-hybridized carbons (Fsp3) is 0.174. The molecule has 1 aliphatic rings. The monoisotopic (exact) mass is 458 g/mol. The van der Waals surface area contributed by atoms with E-state index in [0.717, 1.165) is 34.5 Å². The Morgan fingerprint density at radius 1 is 1.03 bits per heavy atom. The molecule has 1 amide bonds. The average Bonchev–Trinajstić information content (AvgIpc) is 2.79. The van der Waals surface area contributed by atoms with E-state index in [4.69, 9.17) is 11.6 Å². The van der Waals surface area contributed by atoms with Gasteiger partial charge in [0.25, 0.3) is 10.0 Å². The Bertz CT molecular complexity index is 1220. The highest BCUT2D eigenvalue weighted by Crippen LogP contribution is 2.30. The normalized spacial score (nSPS) is 13.5. The molecule has 0 aliphatic carbocycles. The van der Waals surface area contributed by atoms with Crippen LogP contribution in [0, 0.1) is 5.82 Å². The minimum atomic E-state index is -4.09. The van der Waals surface area contributed by atoms with Crippen LogP contribution in [0.1, 0.15) is 12.0 Å². The summed E-state index contributed by atoms with van der Waals surface area (Å²) in [4.78, 5) is 14.9. The first-order valence-electron chi connectivity index (χ1n) is 9.79. The van der Waals surface area contributed by atoms with Crippen LogP contribution in [-0.2, 0) is 21.2 Å². The van der Waals surface area contributed by atoms with Crippen molar-refractivity contribution in [3.63, 3.8) is 0 Å². The van der Waals surface area contributed by atoms with Gasteiger partial charge < -0.3 is 4.90 Å². The van der Waals surface area contributed by atoms with Crippen LogP contribution in [-0.4, -0.2) is 27.4 Å². The van der Waals surface area contributed by atoms with E-state index in [0.29, 0.717) is 6.54 Å². The van der Waals surface area contributed by atoms with E-state index < -0.39 is 22.4 Å². The molecule has 0 N–H and O–H groups in total. The van der Waals surface area contributed by atoms with Crippen LogP contribution in [0.5, 0.6) is 0 Å². The number of nitrogens with zero attached hydrogens (tertiary/aromatic N) is 2. The molecule has 0 unspecified atom stereocenters. The van der Waals surface area contributed by atoms with Crippen molar-refractivity contribution in [2.24, 2.45) is 0 Å². The fourth-order valence-corrected chi connectivity index (χ4v) is 5.28. The summed E-state index contributed by atoms with van der Waals surface area (Å²) in [6, 6.07) is 19.0. The van der Waals surface area contributed by atoms with Gasteiger partial charge in [0.15, 0.2) is 0 Å². The maximum absolute atomic E-state index is 13.7. The molecule has 1 heterocycles. The van der Waals surface area contributed by atoms with E-state index in [-0.39, 0.29) is 21.5 Å². The van der Waals surface area contributed by atoms with Gasteiger partial charge in [0, 0.05) is 12.2 Å². The number of hydrogen-bond acceptors (Lipinski definition) is 3. The summed E-state index contributed by atoms with van der Waals surface area (Å²) in [6.45, 7) is 0.0623. The molecule has 0 saturated heterocycles. The predicted octanol–water partition coefficient (Wildman–Crippen LogP) is 4.65. The molecule has 3 aromatic carbocycles. The standard InChI is InChI=1S/C23H20ClFN2O3S/c24-20-15-18(12-13-21(20)25)27(31(29,30)19-9-2-1-3-10-19)16-23(28)26-14-6-8-17-7-4-5-11-22(17)26/h1-5,7,9-13,15H,6,8,14,16H2. The molecule has 8 heteroatoms. The molecule has 4 rings (SSSR count). The Balaban J connectivity index is 1.73. The lowest BCUT2D eigenvalue weighted by Crippen LogP contribution is -2.45. The van der Waals surface area contributed by atoms with Gasteiger partial charge in [0.1, 0.15) is 12.4 Å². The van der Waals surface area contributed by atoms with E-state index in [2.05, 4.69) is 0 Å². The molecule has 0 aromatic heterocycles. The lowest BCUT2D eigenvalue weighted by atomic mass is 10.0. The quantitative estimate of drug-likeness (QED) is 0.559. The first-order chi connectivity index (χ1) is 14.9. The SMILES string of the molecule is O=C(CN(c1ccc(F)c(Cl)c1)S(=O)(=O)c1ccccc1)N1CCCc2ccccc21. The van der Waals surface area contributed by atoms with E-state index in [1.54, 1.807) is 23.1 Å². The number of para-hydroxylation sites is 1. The Kier molecular flexibility index (Phi) is 5.98. The minimum Gasteiger partial charge on any atom is -0.311 e. The maximum Gasteiger partial charge on any atom is 0.264 e. The number of rotatable bonds is 5. The number of anilines is 2. The molecule has 160 valence electrons. The minimum absolute atomic E-state index is 0.0299. The van der Waals surface area contributed by atoms with E-state index in [1.165, 1.54) is 24.3 Å². The van der Waals surface area contributed by atoms with Crippen molar-refractivity contribution in [1.82, 2.24) is 0 Å². The number of amides is 1. The van der Waals surface area contributed by atoms with Crippen molar-refractivity contribution in [1.29, 1.82) is 0 Å². The fourth-order valence-electron chi connectivity index (χ4n) is 3.68. The smallest absolute Gasteiger partial charge is 0.264 e. The summed E-state index contributed by atoms with van der Waals surface area (Å²) in [5, 5.41) is -0.221. The number of carbonyl (C=O) groups is 1. The zero-order chi connectivity index (χ0) is 22.0. The van der Waals surface area contributed by atoms with Crippen LogP contribution in [0.4, 0.5) is 15.8 Å². The molecule has 0 saturated carbocycles. The number of carbonyl (C=O) groups excluding carboxylic acids is 1. The largest absolute Gasteiger partial charge is 0.311 e. The molecule has 0 spiro atoms. The highest BCUT2D eigenvalue weighted by atomic mass is 35.5. The predicted molar refractivity (Wildman–Crippen MR) is 119 cm³/mol. The summed E-state index contributed by atoms with van der Waals surface area (Å²) in [6.07, 6.45) is 1.65. The van der Waals surface area contributed by atoms with Crippen LogP contribution in [0.25, 0.3) is 0 Å². The maximum atomic E-state index is 13.7. The summed E-state index contributed by atoms with van der Waals surface area (Å²) in [5.74, 6) is -1.04. The molecule has 3 aromatic rings. The Hall–Kier alpha value is -2.90. The zero-order valence-corrected chi connectivity index (χ0v) is 18.1. The molecular formula is C23H20ClFN2O3S. The Morgan fingerprint density at radius 3 is 2.48 bits per heavy atom. The highest BCUT2D eigenvalue weighted by Gasteiger charge is 2.31. The summed E-state index contributed by atoms with van der Waals surface area (Å²) in [5.41, 5.74) is 1.95. The van der Waals surface area contributed by atoms with Gasteiger partial charge in [-0.2, -0.15) is 0 Å². The van der Waals surface area contributed by atoms with Crippen molar-refractivity contribution < 1.29 is 17.6 Å². The third kappa shape index (κ3) is 4.29. The second kappa shape index (κ2) is 8.69. The first kappa shape index (κ1) is 21.3. The van der Waals surface area contributed by atoms with Crippen molar-refractivity contribution in [2.75, 3.05) is 22.3 Å². The van der Waals surface area contributed by atoms with Crippen LogP contribution >= 0.6 is 11.6 Å². The number of sulfonamides is 1. The van der Waals surface area contributed by atoms with Crippen molar-refractivity contribution in [2.45, 2.75) is 17.7 Å². The van der Waals surface area contributed by atoms with Crippen molar-refractivity contribution in [3.05, 3.63) is 89.2 Å². The number of halogens is 2. The lowest BCUT2D eigenvalue weighted by molar-refractivity contribution is -0.117. The first-order valence-corrected chi connectivity index (χ1v) is 11.6. The van der Waals surface area contributed by atoms with Gasteiger partial charge in [-0.15, -0.1) is 0 Å². The van der Waals surface area contributed by atoms with E-state index in [1.807, 2.05) is 24.3 Å². The average molecular weight is 459 g/mol. The zero-order valence-electron chi connectivity index (χ0n) is 16.5. The van der Waals surface area contributed by atoms with Crippen LogP contribution in [0.15, 0.2) is 77.7 Å². The van der Waals surface area contributed by atoms with Crippen LogP contribution < -0.4 is 9.21 Å². The molecule has 0 bridgehead atoms. The van der Waals surface area contributed by atoms with Gasteiger partial charge in [0.05, 0.1) is 15.6 Å². The number of aryl methyl sites for hydroxylation is 1. The second-order valence-corrected chi connectivity index (χ2v) is 9.47. The van der Waals surface area contributed by atoms with Crippen molar-refractivity contribution >= 4 is 38.9 Å². The Morgan fingerprint density at radius 2 is 1.74 bits per heavy atom. The summed E-state index contributed by atoms with van der Waals surface area (Å²) >= 11 is 5.91. The van der Waals surface area contributed by atoms with Gasteiger partial charge in [-0.05, 0) is 54.8 Å². The Labute approximate surface area is 185 Å². The number of benzene rings is 3. The third-order valence-corrected chi connectivity index (χ3v) is 7.29. The van der Waals surface area contributed by atoms with Crippen molar-refractivity contribution in [3.8, 4) is 0 Å². The van der Waals surface area contributed by atoms with Gasteiger partial charge in [-0.25, -0.2) is 12.8 Å². The van der Waals surface area contributed by atoms with Crippen LogP contribution in [0.2, 0.25) is 5.02 Å². The molecule has 31 heavy (non-hydrogen) atoms. The van der Waals surface area contributed by atoms with E-state index >= 15 is 0 Å². The van der Waals surface area contributed by atoms with Gasteiger partial charge in [-0.3, -0.25) is 9.10 Å². The summed E-state index contributed by atoms with van der Waals surface area (Å²) < 4.78 is 41.5. The molecular weight excluding hydrogens is 439 g/mol. The van der Waals surface area contributed by atoms with E-state index in [9.17, 15) is 17.6 Å². The number of fused-ring (bicyclic) bond motifs is 1. The van der Waals surface area contributed by atoms with Gasteiger partial charge in [0.2, 0.25) is 5.91 Å². The molecule has 5 nitrogen and oxygen atoms in total. The second-order valence-electron chi connectivity index (χ2n) is 7.20. The highest BCUT2D eigenvalue weighted by molar-refractivity contribution is 7.92. The molecule has 0 fully saturated rings. The third-order valence-electron chi connectivity index (χ3n) is 5.21. The molecule has 0 radical (unpaired) electrons. The molecule has 0 atom stereocenters. The topological polar surface area (TPSA) is 57.7 Å². The van der Waals surface area contributed by atoms with Gasteiger partial charge in [-0.1, -0.05) is 48.0 Å².